The van der Waals surface area contributed by atoms with E-state index in [0.717, 1.165) is 57.7 Å². The number of carboxylic acid groups (broad SMARTS) is 1. The third kappa shape index (κ3) is 3.64. The van der Waals surface area contributed by atoms with Gasteiger partial charge in [0.05, 0.1) is 0 Å². The molecule has 0 bridgehead atoms. The van der Waals surface area contributed by atoms with Crippen molar-refractivity contribution in [1.29, 1.82) is 0 Å². The minimum Gasteiger partial charge on any atom is -0.480 e. The van der Waals surface area contributed by atoms with Crippen molar-refractivity contribution in [1.82, 2.24) is 14.9 Å². The minimum atomic E-state index is -0.661. The van der Waals surface area contributed by atoms with Crippen LogP contribution in [0.5, 0.6) is 0 Å². The first-order valence-electron chi connectivity index (χ1n) is 9.47. The van der Waals surface area contributed by atoms with E-state index in [1.807, 2.05) is 6.20 Å². The first-order valence-corrected chi connectivity index (χ1v) is 9.47. The lowest BCUT2D eigenvalue weighted by molar-refractivity contribution is -0.142. The van der Waals surface area contributed by atoms with E-state index in [2.05, 4.69) is 40.5 Å². The third-order valence-corrected chi connectivity index (χ3v) is 5.87. The number of hydrogen-bond donors (Lipinski definition) is 1. The topological polar surface area (TPSA) is 69.6 Å². The summed E-state index contributed by atoms with van der Waals surface area (Å²) in [6.07, 6.45) is 7.43. The highest BCUT2D eigenvalue weighted by Gasteiger charge is 2.47. The number of hydrogen-bond acceptors (Lipinski definition) is 5. The van der Waals surface area contributed by atoms with Gasteiger partial charge in [0.1, 0.15) is 18.2 Å². The number of aliphatic carboxylic acids is 1. The summed E-state index contributed by atoms with van der Waals surface area (Å²) in [5.41, 5.74) is 1.35. The van der Waals surface area contributed by atoms with Gasteiger partial charge in [0.2, 0.25) is 0 Å². The van der Waals surface area contributed by atoms with Crippen LogP contribution in [0.1, 0.15) is 57.9 Å². The fourth-order valence-corrected chi connectivity index (χ4v) is 4.47. The first-order chi connectivity index (χ1) is 12.0. The van der Waals surface area contributed by atoms with E-state index < -0.39 is 5.97 Å². The summed E-state index contributed by atoms with van der Waals surface area (Å²) in [4.78, 5) is 24.9. The van der Waals surface area contributed by atoms with Gasteiger partial charge in [-0.1, -0.05) is 20.8 Å². The van der Waals surface area contributed by atoms with E-state index in [-0.39, 0.29) is 11.5 Å². The maximum Gasteiger partial charge on any atom is 0.320 e. The molecule has 3 heterocycles. The zero-order valence-electron chi connectivity index (χ0n) is 15.6. The van der Waals surface area contributed by atoms with Gasteiger partial charge in [0.15, 0.2) is 0 Å². The molecule has 1 N–H and O–H groups in total. The van der Waals surface area contributed by atoms with Crippen molar-refractivity contribution in [3.8, 4) is 0 Å². The molecule has 2 aliphatic rings. The molecule has 2 aliphatic heterocycles. The molecule has 6 nitrogen and oxygen atoms in total. The molecule has 1 aromatic heterocycles. The van der Waals surface area contributed by atoms with Gasteiger partial charge < -0.3 is 10.0 Å². The molecule has 25 heavy (non-hydrogen) atoms. The highest BCUT2D eigenvalue weighted by molar-refractivity contribution is 5.74. The Balaban J connectivity index is 1.71. The second kappa shape index (κ2) is 7.28. The minimum absolute atomic E-state index is 0.153. The predicted molar refractivity (Wildman–Crippen MR) is 97.9 cm³/mol. The van der Waals surface area contributed by atoms with Crippen LogP contribution in [-0.4, -0.2) is 58.2 Å². The Morgan fingerprint density at radius 3 is 2.72 bits per heavy atom. The Hall–Kier alpha value is -1.69. The molecular formula is C19H30N4O2. The maximum absolute atomic E-state index is 11.6. The maximum atomic E-state index is 11.6. The number of likely N-dealkylation sites (tertiary alicyclic amines) is 1. The van der Waals surface area contributed by atoms with Crippen LogP contribution in [0.15, 0.2) is 12.5 Å². The Morgan fingerprint density at radius 1 is 1.40 bits per heavy atom. The Bertz CT molecular complexity index is 611. The molecule has 138 valence electrons. The smallest absolute Gasteiger partial charge is 0.320 e. The molecular weight excluding hydrogens is 316 g/mol. The molecule has 2 fully saturated rings. The second-order valence-corrected chi connectivity index (χ2v) is 7.97. The first kappa shape index (κ1) is 18.1. The van der Waals surface area contributed by atoms with Crippen LogP contribution in [0.4, 0.5) is 5.82 Å². The fourth-order valence-electron chi connectivity index (χ4n) is 4.47. The van der Waals surface area contributed by atoms with Crippen LogP contribution in [0.3, 0.4) is 0 Å². The molecule has 0 radical (unpaired) electrons. The zero-order chi connectivity index (χ0) is 18.0. The summed E-state index contributed by atoms with van der Waals surface area (Å²) in [7, 11) is 0. The lowest BCUT2D eigenvalue weighted by Crippen LogP contribution is -2.42. The number of anilines is 1. The Labute approximate surface area is 150 Å². The number of carboxylic acids is 1. The summed E-state index contributed by atoms with van der Waals surface area (Å²) in [6.45, 7) is 10.2. The summed E-state index contributed by atoms with van der Waals surface area (Å²) >= 11 is 0. The molecule has 0 aromatic carbocycles. The van der Waals surface area contributed by atoms with Gasteiger partial charge in [-0.2, -0.15) is 0 Å². The van der Waals surface area contributed by atoms with Crippen LogP contribution >= 0.6 is 0 Å². The highest BCUT2D eigenvalue weighted by atomic mass is 16.4. The van der Waals surface area contributed by atoms with Crippen LogP contribution in [0.25, 0.3) is 0 Å². The monoisotopic (exact) mass is 346 g/mol. The van der Waals surface area contributed by atoms with Crippen LogP contribution in [-0.2, 0) is 4.79 Å². The van der Waals surface area contributed by atoms with Gasteiger partial charge in [-0.25, -0.2) is 9.97 Å². The second-order valence-electron chi connectivity index (χ2n) is 7.97. The van der Waals surface area contributed by atoms with Gasteiger partial charge in [-0.15, -0.1) is 0 Å². The Morgan fingerprint density at radius 2 is 2.12 bits per heavy atom. The molecule has 1 spiro atoms. The standard InChI is InChI=1S/C19H30N4O2/c1-4-7-23-12-19(10-16(23)18(24)25)5-8-22(9-6-19)17-15(14(2)3)11-20-13-21-17/h11,13-14,16H,4-10,12H2,1-3H3,(H,24,25). The highest BCUT2D eigenvalue weighted by Crippen LogP contribution is 2.44. The van der Waals surface area contributed by atoms with Crippen molar-refractivity contribution < 1.29 is 9.90 Å². The normalized spacial score (nSPS) is 23.5. The van der Waals surface area contributed by atoms with E-state index in [1.54, 1.807) is 6.33 Å². The average molecular weight is 346 g/mol. The van der Waals surface area contributed by atoms with Crippen molar-refractivity contribution in [2.75, 3.05) is 31.1 Å². The van der Waals surface area contributed by atoms with Crippen molar-refractivity contribution in [2.45, 2.75) is 58.4 Å². The summed E-state index contributed by atoms with van der Waals surface area (Å²) < 4.78 is 0. The molecule has 0 saturated carbocycles. The summed E-state index contributed by atoms with van der Waals surface area (Å²) in [6, 6.07) is -0.309. The van der Waals surface area contributed by atoms with E-state index >= 15 is 0 Å². The average Bonchev–Trinajstić information content (AvgIpc) is 2.94. The van der Waals surface area contributed by atoms with Gasteiger partial charge in [-0.3, -0.25) is 9.69 Å². The molecule has 3 rings (SSSR count). The zero-order valence-corrected chi connectivity index (χ0v) is 15.6. The molecule has 1 atom stereocenters. The van der Waals surface area contributed by atoms with E-state index in [1.165, 1.54) is 5.56 Å². The summed E-state index contributed by atoms with van der Waals surface area (Å²) in [5.74, 6) is 0.790. The number of rotatable bonds is 5. The van der Waals surface area contributed by atoms with Gasteiger partial charge in [-0.05, 0) is 43.6 Å². The lowest BCUT2D eigenvalue weighted by atomic mass is 9.76. The Kier molecular flexibility index (Phi) is 5.27. The fraction of sp³-hybridized carbons (Fsp3) is 0.737. The lowest BCUT2D eigenvalue weighted by Gasteiger charge is -2.40. The summed E-state index contributed by atoms with van der Waals surface area (Å²) in [5, 5.41) is 9.58. The van der Waals surface area contributed by atoms with Gasteiger partial charge in [0, 0.05) is 31.4 Å². The largest absolute Gasteiger partial charge is 0.480 e. The van der Waals surface area contributed by atoms with E-state index in [9.17, 15) is 9.90 Å². The van der Waals surface area contributed by atoms with Crippen molar-refractivity contribution in [2.24, 2.45) is 5.41 Å². The number of piperidine rings is 1. The number of carbonyl (C=O) groups is 1. The number of aromatic nitrogens is 2. The third-order valence-electron chi connectivity index (χ3n) is 5.87. The molecule has 6 heteroatoms. The quantitative estimate of drug-likeness (QED) is 0.884. The SMILES string of the molecule is CCCN1CC2(CCN(c3ncncc3C(C)C)CC2)CC1C(=O)O. The van der Waals surface area contributed by atoms with Gasteiger partial charge in [0.25, 0.3) is 0 Å². The van der Waals surface area contributed by atoms with Crippen LogP contribution < -0.4 is 4.90 Å². The van der Waals surface area contributed by atoms with Crippen molar-refractivity contribution in [3.63, 3.8) is 0 Å². The number of nitrogens with zero attached hydrogens (tertiary/aromatic N) is 4. The van der Waals surface area contributed by atoms with Crippen LogP contribution in [0.2, 0.25) is 0 Å². The van der Waals surface area contributed by atoms with Crippen LogP contribution in [0, 0.1) is 5.41 Å². The van der Waals surface area contributed by atoms with Crippen molar-refractivity contribution in [3.05, 3.63) is 18.1 Å². The molecule has 1 aromatic rings. The molecule has 2 saturated heterocycles. The van der Waals surface area contributed by atoms with Crippen molar-refractivity contribution >= 4 is 11.8 Å². The molecule has 0 aliphatic carbocycles. The van der Waals surface area contributed by atoms with E-state index in [0.29, 0.717) is 5.92 Å². The van der Waals surface area contributed by atoms with E-state index in [4.69, 9.17) is 0 Å². The predicted octanol–water partition coefficient (Wildman–Crippen LogP) is 2.76. The molecule has 1 unspecified atom stereocenters. The van der Waals surface area contributed by atoms with Gasteiger partial charge >= 0.3 is 5.97 Å². The molecule has 0 amide bonds.